The van der Waals surface area contributed by atoms with E-state index in [1.165, 1.54) is 0 Å². The van der Waals surface area contributed by atoms with Crippen molar-refractivity contribution in [2.45, 2.75) is 20.3 Å². The van der Waals surface area contributed by atoms with Crippen LogP contribution < -0.4 is 9.47 Å². The number of ether oxygens (including phenoxy) is 4. The van der Waals surface area contributed by atoms with Crippen LogP contribution in [-0.4, -0.2) is 32.3 Å². The summed E-state index contributed by atoms with van der Waals surface area (Å²) in [6.07, 6.45) is 0.123. The molecule has 2 aromatic carbocycles. The number of hydrogen-bond donors (Lipinski definition) is 0. The number of halogens is 2. The number of hydrogen-bond acceptors (Lipinski definition) is 6. The first-order valence-electron chi connectivity index (χ1n) is 9.03. The van der Waals surface area contributed by atoms with E-state index in [1.807, 2.05) is 30.3 Å². The summed E-state index contributed by atoms with van der Waals surface area (Å²) in [6, 6.07) is 11.0. The Kier molecular flexibility index (Phi) is 9.47. The van der Waals surface area contributed by atoms with E-state index in [1.54, 1.807) is 27.0 Å². The molecule has 0 saturated heterocycles. The van der Waals surface area contributed by atoms with Crippen molar-refractivity contribution in [2.75, 3.05) is 20.3 Å². The largest absolute Gasteiger partial charge is 0.495 e. The van der Waals surface area contributed by atoms with Gasteiger partial charge in [0.25, 0.3) is 0 Å². The van der Waals surface area contributed by atoms with Gasteiger partial charge in [-0.1, -0.05) is 18.2 Å². The van der Waals surface area contributed by atoms with Gasteiger partial charge in [-0.05, 0) is 89.2 Å². The third-order valence-electron chi connectivity index (χ3n) is 3.94. The van der Waals surface area contributed by atoms with Crippen LogP contribution in [0.15, 0.2) is 36.4 Å². The zero-order valence-electron chi connectivity index (χ0n) is 16.4. The summed E-state index contributed by atoms with van der Waals surface area (Å²) in [7, 11) is 1.63. The molecule has 0 N–H and O–H groups in total. The third kappa shape index (κ3) is 6.46. The SMILES string of the molecule is CCOC(=O)C(Cc1ccccc1Oc1cc(I)c(OC)c(I)c1)C(=O)OCC. The molecule has 0 aliphatic heterocycles. The van der Waals surface area contributed by atoms with Crippen molar-refractivity contribution >= 4 is 57.1 Å². The van der Waals surface area contributed by atoms with Crippen LogP contribution in [0.3, 0.4) is 0 Å². The van der Waals surface area contributed by atoms with Crippen LogP contribution in [0.4, 0.5) is 0 Å². The Bertz CT molecular complexity index is 827. The molecular formula is C21H22I2O6. The van der Waals surface area contributed by atoms with Crippen LogP contribution in [0.25, 0.3) is 0 Å². The number of esters is 2. The van der Waals surface area contributed by atoms with Crippen LogP contribution in [0.2, 0.25) is 0 Å². The average molecular weight is 624 g/mol. The van der Waals surface area contributed by atoms with Crippen LogP contribution in [-0.2, 0) is 25.5 Å². The molecule has 29 heavy (non-hydrogen) atoms. The Hall–Kier alpha value is -1.56. The van der Waals surface area contributed by atoms with Crippen LogP contribution in [0.5, 0.6) is 17.2 Å². The molecule has 0 aliphatic carbocycles. The van der Waals surface area contributed by atoms with Crippen LogP contribution in [0.1, 0.15) is 19.4 Å². The van der Waals surface area contributed by atoms with Gasteiger partial charge in [0.05, 0.1) is 27.5 Å². The lowest BCUT2D eigenvalue weighted by atomic mass is 9.98. The third-order valence-corrected chi connectivity index (χ3v) is 5.55. The predicted molar refractivity (Wildman–Crippen MR) is 125 cm³/mol. The normalized spacial score (nSPS) is 10.6. The van der Waals surface area contributed by atoms with Crippen molar-refractivity contribution in [2.24, 2.45) is 5.92 Å². The van der Waals surface area contributed by atoms with Crippen molar-refractivity contribution in [3.05, 3.63) is 49.1 Å². The van der Waals surface area contributed by atoms with E-state index in [0.717, 1.165) is 12.9 Å². The molecule has 0 fully saturated rings. The van der Waals surface area contributed by atoms with E-state index in [4.69, 9.17) is 18.9 Å². The first-order chi connectivity index (χ1) is 13.9. The van der Waals surface area contributed by atoms with Gasteiger partial charge in [-0.3, -0.25) is 9.59 Å². The highest BCUT2D eigenvalue weighted by molar-refractivity contribution is 14.1. The van der Waals surface area contributed by atoms with Crippen molar-refractivity contribution in [1.82, 2.24) is 0 Å². The van der Waals surface area contributed by atoms with Crippen molar-refractivity contribution in [1.29, 1.82) is 0 Å². The molecule has 0 radical (unpaired) electrons. The Balaban J connectivity index is 2.31. The molecule has 0 bridgehead atoms. The molecule has 0 spiro atoms. The molecule has 0 unspecified atom stereocenters. The Morgan fingerprint density at radius 1 is 0.966 bits per heavy atom. The smallest absolute Gasteiger partial charge is 0.320 e. The highest BCUT2D eigenvalue weighted by Gasteiger charge is 2.30. The van der Waals surface area contributed by atoms with Gasteiger partial charge in [0.2, 0.25) is 0 Å². The second-order valence-electron chi connectivity index (χ2n) is 5.89. The minimum atomic E-state index is -1.05. The molecule has 0 atom stereocenters. The quantitative estimate of drug-likeness (QED) is 0.223. The summed E-state index contributed by atoms with van der Waals surface area (Å²) in [4.78, 5) is 24.6. The summed E-state index contributed by atoms with van der Waals surface area (Å²) in [5.41, 5.74) is 0.708. The number of para-hydroxylation sites is 1. The second kappa shape index (κ2) is 11.6. The fourth-order valence-electron chi connectivity index (χ4n) is 2.66. The fraction of sp³-hybridized carbons (Fsp3) is 0.333. The molecule has 8 heteroatoms. The van der Waals surface area contributed by atoms with Gasteiger partial charge in [-0.25, -0.2) is 0 Å². The summed E-state index contributed by atoms with van der Waals surface area (Å²) in [5.74, 6) is -0.269. The van der Waals surface area contributed by atoms with Gasteiger partial charge in [-0.2, -0.15) is 0 Å². The molecule has 156 valence electrons. The zero-order valence-corrected chi connectivity index (χ0v) is 20.7. The molecular weight excluding hydrogens is 602 g/mol. The Morgan fingerprint density at radius 2 is 1.52 bits per heavy atom. The maximum atomic E-state index is 12.3. The van der Waals surface area contributed by atoms with Crippen LogP contribution >= 0.6 is 45.2 Å². The van der Waals surface area contributed by atoms with Crippen molar-refractivity contribution < 1.29 is 28.5 Å². The molecule has 0 heterocycles. The van der Waals surface area contributed by atoms with E-state index < -0.39 is 17.9 Å². The molecule has 6 nitrogen and oxygen atoms in total. The number of rotatable bonds is 9. The van der Waals surface area contributed by atoms with E-state index >= 15 is 0 Å². The lowest BCUT2D eigenvalue weighted by Crippen LogP contribution is -2.30. The van der Waals surface area contributed by atoms with E-state index in [9.17, 15) is 9.59 Å². The van der Waals surface area contributed by atoms with E-state index in [-0.39, 0.29) is 19.6 Å². The fourth-order valence-corrected chi connectivity index (χ4v) is 4.81. The molecule has 0 aliphatic rings. The monoisotopic (exact) mass is 624 g/mol. The summed E-state index contributed by atoms with van der Waals surface area (Å²) >= 11 is 4.37. The summed E-state index contributed by atoms with van der Waals surface area (Å²) < 4.78 is 23.4. The molecule has 0 aromatic heterocycles. The minimum Gasteiger partial charge on any atom is -0.495 e. The zero-order chi connectivity index (χ0) is 21.4. The van der Waals surface area contributed by atoms with Gasteiger partial charge in [0, 0.05) is 0 Å². The van der Waals surface area contributed by atoms with Gasteiger partial charge < -0.3 is 18.9 Å². The maximum absolute atomic E-state index is 12.3. The Morgan fingerprint density at radius 3 is 2.03 bits per heavy atom. The van der Waals surface area contributed by atoms with E-state index in [2.05, 4.69) is 45.2 Å². The standard InChI is InChI=1S/C21H22I2O6/c1-4-27-20(24)15(21(25)28-5-2)10-13-8-6-7-9-18(13)29-14-11-16(22)19(26-3)17(23)12-14/h6-9,11-12,15H,4-5,10H2,1-3H3. The average Bonchev–Trinajstić information content (AvgIpc) is 2.67. The van der Waals surface area contributed by atoms with Crippen LogP contribution in [0, 0.1) is 13.1 Å². The lowest BCUT2D eigenvalue weighted by Gasteiger charge is -2.17. The molecule has 2 aromatic rings. The van der Waals surface area contributed by atoms with E-state index in [0.29, 0.717) is 17.1 Å². The number of benzene rings is 2. The second-order valence-corrected chi connectivity index (χ2v) is 8.22. The molecule has 2 rings (SSSR count). The highest BCUT2D eigenvalue weighted by Crippen LogP contribution is 2.35. The van der Waals surface area contributed by atoms with Gasteiger partial charge in [0.15, 0.2) is 5.92 Å². The molecule has 0 saturated carbocycles. The number of carbonyl (C=O) groups excluding carboxylic acids is 2. The highest BCUT2D eigenvalue weighted by atomic mass is 127. The van der Waals surface area contributed by atoms with Gasteiger partial charge >= 0.3 is 11.9 Å². The number of carbonyl (C=O) groups is 2. The maximum Gasteiger partial charge on any atom is 0.320 e. The molecule has 0 amide bonds. The lowest BCUT2D eigenvalue weighted by molar-refractivity contribution is -0.161. The first kappa shape index (κ1) is 23.7. The summed E-state index contributed by atoms with van der Waals surface area (Å²) in [6.45, 7) is 3.78. The predicted octanol–water partition coefficient (Wildman–Crippen LogP) is 4.98. The van der Waals surface area contributed by atoms with Crippen molar-refractivity contribution in [3.8, 4) is 17.2 Å². The topological polar surface area (TPSA) is 71.1 Å². The Labute approximate surface area is 197 Å². The van der Waals surface area contributed by atoms with Gasteiger partial charge in [-0.15, -0.1) is 0 Å². The van der Waals surface area contributed by atoms with Gasteiger partial charge in [0.1, 0.15) is 17.2 Å². The van der Waals surface area contributed by atoms with Crippen molar-refractivity contribution in [3.63, 3.8) is 0 Å². The first-order valence-corrected chi connectivity index (χ1v) is 11.2. The number of methoxy groups -OCH3 is 1. The summed E-state index contributed by atoms with van der Waals surface area (Å²) in [5, 5.41) is 0. The minimum absolute atomic E-state index is 0.123.